The summed E-state index contributed by atoms with van der Waals surface area (Å²) < 4.78 is 22.9. The summed E-state index contributed by atoms with van der Waals surface area (Å²) in [6.07, 6.45) is 28.0. The smallest absolute Gasteiger partial charge is 0.393 e. The summed E-state index contributed by atoms with van der Waals surface area (Å²) in [6, 6.07) is -1.26. The second-order valence-corrected chi connectivity index (χ2v) is 18.5. The highest BCUT2D eigenvalue weighted by molar-refractivity contribution is 7.47. The van der Waals surface area contributed by atoms with Gasteiger partial charge in [-0.1, -0.05) is 166 Å². The van der Waals surface area contributed by atoms with Crippen LogP contribution in [0.2, 0.25) is 0 Å². The molecule has 0 aliphatic heterocycles. The van der Waals surface area contributed by atoms with Crippen LogP contribution in [0, 0.1) is 0 Å². The normalized spacial score (nSPS) is 23.5. The Labute approximate surface area is 368 Å². The van der Waals surface area contributed by atoms with Crippen LogP contribution in [0.5, 0.6) is 0 Å². The van der Waals surface area contributed by atoms with Crippen LogP contribution in [-0.4, -0.2) is 108 Å². The first-order valence-corrected chi connectivity index (χ1v) is 25.5. The number of aliphatic hydroxyl groups is 7. The standard InChI is InChI=1S/C47H88NO12P/c1-3-5-7-9-11-13-15-17-19-20-21-23-25-27-29-31-33-35-40(50)39(37-59-61(57,58)60-47-45(55)43(53)42(52)44(54)46(47)56)48-41(51)36-38(49)34-32-30-28-26-24-22-18-16-14-12-10-8-6-4-2/h22,24-25,27,33,35,38-40,42-47,49-50,52-56H,3-21,23,26,28-32,34,36-37H2,1-2H3,(H,48,51)(H,57,58)/b24-22-,27-25+,35-33+. The number of amides is 1. The molecule has 1 saturated carbocycles. The molecule has 0 heterocycles. The van der Waals surface area contributed by atoms with E-state index in [9.17, 15) is 50.0 Å². The van der Waals surface area contributed by atoms with Crippen molar-refractivity contribution in [2.45, 2.75) is 249 Å². The highest BCUT2D eigenvalue weighted by atomic mass is 31.2. The van der Waals surface area contributed by atoms with Crippen molar-refractivity contribution in [2.75, 3.05) is 6.61 Å². The topological polar surface area (TPSA) is 226 Å². The molecule has 0 aromatic rings. The number of aliphatic hydroxyl groups excluding tert-OH is 7. The number of unbranched alkanes of at least 4 members (excludes halogenated alkanes) is 22. The molecule has 8 atom stereocenters. The van der Waals surface area contributed by atoms with Crippen molar-refractivity contribution in [1.29, 1.82) is 0 Å². The van der Waals surface area contributed by atoms with Crippen molar-refractivity contribution in [3.8, 4) is 0 Å². The average molecular weight is 890 g/mol. The molecule has 13 nitrogen and oxygen atoms in total. The van der Waals surface area contributed by atoms with E-state index in [-0.39, 0.29) is 6.42 Å². The van der Waals surface area contributed by atoms with E-state index in [2.05, 4.69) is 43.5 Å². The maximum absolute atomic E-state index is 13.0. The summed E-state index contributed by atoms with van der Waals surface area (Å²) in [4.78, 5) is 23.4. The molecule has 8 unspecified atom stereocenters. The first-order valence-electron chi connectivity index (χ1n) is 24.0. The van der Waals surface area contributed by atoms with Crippen LogP contribution in [-0.2, 0) is 18.4 Å². The highest BCUT2D eigenvalue weighted by Gasteiger charge is 2.51. The van der Waals surface area contributed by atoms with Gasteiger partial charge in [-0.15, -0.1) is 0 Å². The minimum Gasteiger partial charge on any atom is -0.393 e. The van der Waals surface area contributed by atoms with Gasteiger partial charge in [0.2, 0.25) is 5.91 Å². The second-order valence-electron chi connectivity index (χ2n) is 17.1. The third-order valence-corrected chi connectivity index (χ3v) is 12.4. The third kappa shape index (κ3) is 28.8. The predicted octanol–water partition coefficient (Wildman–Crippen LogP) is 8.14. The summed E-state index contributed by atoms with van der Waals surface area (Å²) in [5, 5.41) is 74.4. The Hall–Kier alpha value is -1.48. The van der Waals surface area contributed by atoms with Gasteiger partial charge in [-0.05, 0) is 57.8 Å². The van der Waals surface area contributed by atoms with Crippen LogP contribution in [0.25, 0.3) is 0 Å². The lowest BCUT2D eigenvalue weighted by molar-refractivity contribution is -0.220. The minimum atomic E-state index is -5.15. The zero-order valence-corrected chi connectivity index (χ0v) is 38.7. The maximum atomic E-state index is 13.0. The van der Waals surface area contributed by atoms with E-state index in [0.29, 0.717) is 12.8 Å². The summed E-state index contributed by atoms with van der Waals surface area (Å²) in [6.45, 7) is 3.72. The molecule has 61 heavy (non-hydrogen) atoms. The summed E-state index contributed by atoms with van der Waals surface area (Å²) in [5.41, 5.74) is 0. The molecule has 9 N–H and O–H groups in total. The Morgan fingerprint density at radius 1 is 0.574 bits per heavy atom. The Balaban J connectivity index is 2.58. The maximum Gasteiger partial charge on any atom is 0.472 e. The second kappa shape index (κ2) is 36.8. The number of allylic oxidation sites excluding steroid dienone is 5. The number of hydrogen-bond donors (Lipinski definition) is 9. The van der Waals surface area contributed by atoms with Crippen molar-refractivity contribution in [3.63, 3.8) is 0 Å². The molecule has 0 aromatic carbocycles. The van der Waals surface area contributed by atoms with Crippen molar-refractivity contribution in [2.24, 2.45) is 0 Å². The average Bonchev–Trinajstić information content (AvgIpc) is 3.23. The molecule has 358 valence electrons. The Morgan fingerprint density at radius 3 is 1.44 bits per heavy atom. The molecular formula is C47H88NO12P. The Kier molecular flexibility index (Phi) is 34.7. The monoisotopic (exact) mass is 890 g/mol. The molecule has 1 amide bonds. The van der Waals surface area contributed by atoms with E-state index in [1.165, 1.54) is 115 Å². The third-order valence-electron chi connectivity index (χ3n) is 11.4. The molecule has 0 radical (unpaired) electrons. The Morgan fingerprint density at radius 2 is 0.967 bits per heavy atom. The van der Waals surface area contributed by atoms with Gasteiger partial charge in [0.05, 0.1) is 31.3 Å². The van der Waals surface area contributed by atoms with E-state index >= 15 is 0 Å². The lowest BCUT2D eigenvalue weighted by Gasteiger charge is -2.41. The first-order chi connectivity index (χ1) is 29.3. The SMILES string of the molecule is CCCCCCCCC/C=C\CCCCCC(O)CC(=O)NC(COP(=O)(O)OC1C(O)C(O)C(O)C(O)C1O)C(O)/C=C/CC/C=C/CCCCCCCCCCCCC. The van der Waals surface area contributed by atoms with Gasteiger partial charge >= 0.3 is 7.82 Å². The molecule has 1 rings (SSSR count). The van der Waals surface area contributed by atoms with E-state index in [1.54, 1.807) is 6.08 Å². The fraction of sp³-hybridized carbons (Fsp3) is 0.851. The van der Waals surface area contributed by atoms with Gasteiger partial charge in [-0.25, -0.2) is 4.57 Å². The van der Waals surface area contributed by atoms with Gasteiger partial charge in [0.15, 0.2) is 0 Å². The lowest BCUT2D eigenvalue weighted by Crippen LogP contribution is -2.64. The molecular weight excluding hydrogens is 801 g/mol. The molecule has 0 aromatic heterocycles. The molecule has 0 saturated heterocycles. The number of rotatable bonds is 39. The largest absolute Gasteiger partial charge is 0.472 e. The molecule has 0 spiro atoms. The van der Waals surface area contributed by atoms with E-state index in [0.717, 1.165) is 51.4 Å². The van der Waals surface area contributed by atoms with Crippen LogP contribution in [0.15, 0.2) is 36.5 Å². The van der Waals surface area contributed by atoms with Gasteiger partial charge in [-0.3, -0.25) is 13.8 Å². The van der Waals surface area contributed by atoms with Crippen molar-refractivity contribution >= 4 is 13.7 Å². The van der Waals surface area contributed by atoms with Crippen molar-refractivity contribution < 1.29 is 59.0 Å². The molecule has 1 fully saturated rings. The first kappa shape index (κ1) is 57.5. The van der Waals surface area contributed by atoms with Crippen molar-refractivity contribution in [1.82, 2.24) is 5.32 Å². The van der Waals surface area contributed by atoms with Gasteiger partial charge in [0.25, 0.3) is 0 Å². The summed E-state index contributed by atoms with van der Waals surface area (Å²) in [5.74, 6) is -0.612. The molecule has 14 heteroatoms. The van der Waals surface area contributed by atoms with Crippen LogP contribution < -0.4 is 5.32 Å². The number of carbonyl (C=O) groups excluding carboxylic acids is 1. The summed E-state index contributed by atoms with van der Waals surface area (Å²) in [7, 11) is -5.15. The predicted molar refractivity (Wildman–Crippen MR) is 243 cm³/mol. The number of hydrogen-bond acceptors (Lipinski definition) is 11. The van der Waals surface area contributed by atoms with E-state index < -0.39 is 75.2 Å². The van der Waals surface area contributed by atoms with Crippen molar-refractivity contribution in [3.05, 3.63) is 36.5 Å². The zero-order valence-electron chi connectivity index (χ0n) is 37.8. The number of phosphoric ester groups is 1. The van der Waals surface area contributed by atoms with Gasteiger partial charge < -0.3 is 46.0 Å². The number of carbonyl (C=O) groups is 1. The zero-order chi connectivity index (χ0) is 45.1. The van der Waals surface area contributed by atoms with Gasteiger partial charge in [0.1, 0.15) is 36.6 Å². The number of nitrogens with one attached hydrogen (secondary N) is 1. The summed E-state index contributed by atoms with van der Waals surface area (Å²) >= 11 is 0. The quantitative estimate of drug-likeness (QED) is 0.0162. The molecule has 0 bridgehead atoms. The van der Waals surface area contributed by atoms with E-state index in [1.807, 2.05) is 0 Å². The lowest BCUT2D eigenvalue weighted by atomic mass is 9.85. The fourth-order valence-corrected chi connectivity index (χ4v) is 8.45. The van der Waals surface area contributed by atoms with Crippen LogP contribution in [0.4, 0.5) is 0 Å². The number of phosphoric acid groups is 1. The Bertz CT molecular complexity index is 1190. The van der Waals surface area contributed by atoms with E-state index in [4.69, 9.17) is 9.05 Å². The van der Waals surface area contributed by atoms with Gasteiger partial charge in [-0.2, -0.15) is 0 Å². The van der Waals surface area contributed by atoms with Crippen LogP contribution in [0.1, 0.15) is 194 Å². The van der Waals surface area contributed by atoms with Crippen LogP contribution in [0.3, 0.4) is 0 Å². The van der Waals surface area contributed by atoms with Crippen LogP contribution >= 0.6 is 7.82 Å². The van der Waals surface area contributed by atoms with Gasteiger partial charge in [0, 0.05) is 0 Å². The molecule has 1 aliphatic rings. The minimum absolute atomic E-state index is 0.263. The highest BCUT2D eigenvalue weighted by Crippen LogP contribution is 2.47. The fourth-order valence-electron chi connectivity index (χ4n) is 7.49. The molecule has 1 aliphatic carbocycles.